The summed E-state index contributed by atoms with van der Waals surface area (Å²) in [6.07, 6.45) is 0.631. The van der Waals surface area contributed by atoms with E-state index in [0.29, 0.717) is 23.6 Å². The summed E-state index contributed by atoms with van der Waals surface area (Å²) in [5.41, 5.74) is 1.24. The Morgan fingerprint density at radius 2 is 2.26 bits per heavy atom. The van der Waals surface area contributed by atoms with Crippen molar-refractivity contribution in [1.29, 1.82) is 0 Å². The first-order valence-corrected chi connectivity index (χ1v) is 8.79. The number of rotatable bonds is 4. The third-order valence-corrected chi connectivity index (χ3v) is 6.22. The third-order valence-electron chi connectivity index (χ3n) is 2.94. The quantitative estimate of drug-likeness (QED) is 0.897. The fourth-order valence-corrected chi connectivity index (χ4v) is 5.37. The van der Waals surface area contributed by atoms with E-state index in [0.717, 1.165) is 0 Å². The maximum Gasteiger partial charge on any atom is 0.234 e. The van der Waals surface area contributed by atoms with Gasteiger partial charge in [0.1, 0.15) is 11.4 Å². The van der Waals surface area contributed by atoms with Crippen LogP contribution in [0, 0.1) is 13.8 Å². The van der Waals surface area contributed by atoms with Crippen LogP contribution in [0.5, 0.6) is 0 Å². The number of nitrogens with zero attached hydrogens (tertiary/aromatic N) is 1. The highest BCUT2D eigenvalue weighted by molar-refractivity contribution is 8.02. The molecule has 106 valence electrons. The Kier molecular flexibility index (Phi) is 4.19. The van der Waals surface area contributed by atoms with Gasteiger partial charge in [0.15, 0.2) is 15.6 Å². The van der Waals surface area contributed by atoms with Crippen molar-refractivity contribution in [3.63, 3.8) is 0 Å². The zero-order valence-electron chi connectivity index (χ0n) is 10.8. The lowest BCUT2D eigenvalue weighted by atomic mass is 10.3. The number of thioether (sulfide) groups is 1. The molecule has 1 N–H and O–H groups in total. The first-order valence-electron chi connectivity index (χ1n) is 5.92. The zero-order chi connectivity index (χ0) is 14.0. The standard InChI is InChI=1S/C11H16N2O4S2/c1-7-11(8(2)17-13-7)12-10(14)5-18-9-3-4-19(15,16)6-9/h9H,3-6H2,1-2H3,(H,12,14)/t9-/m0/s1. The number of anilines is 1. The lowest BCUT2D eigenvalue weighted by Crippen LogP contribution is -2.17. The van der Waals surface area contributed by atoms with Crippen molar-refractivity contribution in [2.24, 2.45) is 0 Å². The van der Waals surface area contributed by atoms with Crippen LogP contribution < -0.4 is 5.32 Å². The van der Waals surface area contributed by atoms with Gasteiger partial charge in [0, 0.05) is 5.25 Å². The van der Waals surface area contributed by atoms with Gasteiger partial charge in [-0.15, -0.1) is 11.8 Å². The highest BCUT2D eigenvalue weighted by Gasteiger charge is 2.28. The van der Waals surface area contributed by atoms with E-state index in [1.54, 1.807) is 13.8 Å². The van der Waals surface area contributed by atoms with Crippen molar-refractivity contribution in [2.75, 3.05) is 22.6 Å². The van der Waals surface area contributed by atoms with Crippen molar-refractivity contribution < 1.29 is 17.7 Å². The number of carbonyl (C=O) groups excluding carboxylic acids is 1. The van der Waals surface area contributed by atoms with Crippen LogP contribution in [-0.4, -0.2) is 42.0 Å². The van der Waals surface area contributed by atoms with Crippen molar-refractivity contribution in [3.05, 3.63) is 11.5 Å². The monoisotopic (exact) mass is 304 g/mol. The van der Waals surface area contributed by atoms with Gasteiger partial charge < -0.3 is 9.84 Å². The van der Waals surface area contributed by atoms with Gasteiger partial charge in [-0.3, -0.25) is 4.79 Å². The molecule has 1 aromatic heterocycles. The summed E-state index contributed by atoms with van der Waals surface area (Å²) in [7, 11) is -2.88. The van der Waals surface area contributed by atoms with E-state index in [4.69, 9.17) is 4.52 Å². The highest BCUT2D eigenvalue weighted by Crippen LogP contribution is 2.25. The van der Waals surface area contributed by atoms with Crippen LogP contribution in [0.4, 0.5) is 5.69 Å². The first-order chi connectivity index (χ1) is 8.87. The van der Waals surface area contributed by atoms with Crippen molar-refractivity contribution >= 4 is 33.2 Å². The largest absolute Gasteiger partial charge is 0.359 e. The lowest BCUT2D eigenvalue weighted by Gasteiger charge is -2.07. The number of hydrogen-bond acceptors (Lipinski definition) is 6. The highest BCUT2D eigenvalue weighted by atomic mass is 32.2. The molecule has 19 heavy (non-hydrogen) atoms. The summed E-state index contributed by atoms with van der Waals surface area (Å²) in [5.74, 6) is 1.06. The Bertz CT molecular complexity index is 560. The maximum atomic E-state index is 11.8. The Balaban J connectivity index is 1.83. The molecule has 0 aromatic carbocycles. The molecule has 1 amide bonds. The fraction of sp³-hybridized carbons (Fsp3) is 0.636. The third kappa shape index (κ3) is 3.73. The molecule has 1 atom stereocenters. The number of sulfone groups is 1. The van der Waals surface area contributed by atoms with Gasteiger partial charge in [-0.1, -0.05) is 5.16 Å². The average Bonchev–Trinajstić information content (AvgIpc) is 2.83. The number of aromatic nitrogens is 1. The number of aryl methyl sites for hydroxylation is 2. The Labute approximate surface area is 116 Å². The Hall–Kier alpha value is -1.02. The molecule has 2 rings (SSSR count). The van der Waals surface area contributed by atoms with E-state index in [9.17, 15) is 13.2 Å². The van der Waals surface area contributed by atoms with Crippen molar-refractivity contribution in [3.8, 4) is 0 Å². The maximum absolute atomic E-state index is 11.8. The van der Waals surface area contributed by atoms with Gasteiger partial charge in [0.05, 0.1) is 17.3 Å². The molecule has 2 heterocycles. The van der Waals surface area contributed by atoms with E-state index in [2.05, 4.69) is 10.5 Å². The van der Waals surface area contributed by atoms with Crippen molar-refractivity contribution in [1.82, 2.24) is 5.16 Å². The number of nitrogens with one attached hydrogen (secondary N) is 1. The van der Waals surface area contributed by atoms with Crippen LogP contribution in [0.15, 0.2) is 4.52 Å². The molecule has 8 heteroatoms. The topological polar surface area (TPSA) is 89.3 Å². The Morgan fingerprint density at radius 3 is 2.79 bits per heavy atom. The van der Waals surface area contributed by atoms with E-state index < -0.39 is 9.84 Å². The predicted octanol–water partition coefficient (Wildman–Crippen LogP) is 1.15. The summed E-state index contributed by atoms with van der Waals surface area (Å²) < 4.78 is 27.5. The van der Waals surface area contributed by atoms with Crippen LogP contribution >= 0.6 is 11.8 Å². The van der Waals surface area contributed by atoms with Crippen LogP contribution in [0.1, 0.15) is 17.9 Å². The molecule has 1 saturated heterocycles. The second-order valence-corrected chi connectivity index (χ2v) is 8.10. The SMILES string of the molecule is Cc1noc(C)c1NC(=O)CS[C@H]1CCS(=O)(=O)C1. The van der Waals surface area contributed by atoms with Crippen molar-refractivity contribution in [2.45, 2.75) is 25.5 Å². The zero-order valence-corrected chi connectivity index (χ0v) is 12.4. The van der Waals surface area contributed by atoms with E-state index in [1.807, 2.05) is 0 Å². The molecule has 0 aliphatic carbocycles. The van der Waals surface area contributed by atoms with Gasteiger partial charge in [-0.25, -0.2) is 8.42 Å². The molecule has 1 aliphatic heterocycles. The van der Waals surface area contributed by atoms with E-state index >= 15 is 0 Å². The van der Waals surface area contributed by atoms with E-state index in [1.165, 1.54) is 11.8 Å². The minimum atomic E-state index is -2.88. The van der Waals surface area contributed by atoms with Gasteiger partial charge >= 0.3 is 0 Å². The molecule has 0 bridgehead atoms. The lowest BCUT2D eigenvalue weighted by molar-refractivity contribution is -0.113. The van der Waals surface area contributed by atoms with Gasteiger partial charge in [0.25, 0.3) is 0 Å². The van der Waals surface area contributed by atoms with Crippen LogP contribution in [0.25, 0.3) is 0 Å². The molecule has 0 unspecified atom stereocenters. The molecule has 0 radical (unpaired) electrons. The van der Waals surface area contributed by atoms with Gasteiger partial charge in [-0.2, -0.15) is 0 Å². The summed E-state index contributed by atoms with van der Waals surface area (Å²) in [4.78, 5) is 11.8. The molecule has 0 saturated carbocycles. The molecule has 6 nitrogen and oxygen atoms in total. The van der Waals surface area contributed by atoms with Crippen LogP contribution in [0.2, 0.25) is 0 Å². The average molecular weight is 304 g/mol. The minimum Gasteiger partial charge on any atom is -0.359 e. The number of carbonyl (C=O) groups is 1. The summed E-state index contributed by atoms with van der Waals surface area (Å²) >= 11 is 1.39. The van der Waals surface area contributed by atoms with Gasteiger partial charge in [-0.05, 0) is 20.3 Å². The molecular formula is C11H16N2O4S2. The Morgan fingerprint density at radius 1 is 1.53 bits per heavy atom. The molecule has 0 spiro atoms. The van der Waals surface area contributed by atoms with E-state index in [-0.39, 0.29) is 28.4 Å². The fourth-order valence-electron chi connectivity index (χ4n) is 1.92. The van der Waals surface area contributed by atoms with Crippen LogP contribution in [-0.2, 0) is 14.6 Å². The summed E-state index contributed by atoms with van der Waals surface area (Å²) in [6.45, 7) is 3.48. The number of amides is 1. The predicted molar refractivity (Wildman–Crippen MR) is 74.1 cm³/mol. The van der Waals surface area contributed by atoms with Gasteiger partial charge in [0.2, 0.25) is 5.91 Å². The first kappa shape index (κ1) is 14.4. The molecular weight excluding hydrogens is 288 g/mol. The normalized spacial score (nSPS) is 21.5. The molecule has 1 fully saturated rings. The number of hydrogen-bond donors (Lipinski definition) is 1. The van der Waals surface area contributed by atoms with Crippen LogP contribution in [0.3, 0.4) is 0 Å². The second kappa shape index (κ2) is 5.54. The summed E-state index contributed by atoms with van der Waals surface area (Å²) in [6, 6.07) is 0. The second-order valence-electron chi connectivity index (χ2n) is 4.58. The minimum absolute atomic E-state index is 0.0282. The molecule has 1 aliphatic rings. The summed E-state index contributed by atoms with van der Waals surface area (Å²) in [5, 5.41) is 6.52. The molecule has 1 aromatic rings. The smallest absolute Gasteiger partial charge is 0.234 e.